The molecule has 2 aromatic carbocycles. The third-order valence-corrected chi connectivity index (χ3v) is 5.53. The highest BCUT2D eigenvalue weighted by atomic mass is 79.9. The van der Waals surface area contributed by atoms with Gasteiger partial charge in [0.05, 0.1) is 4.47 Å². The van der Waals surface area contributed by atoms with Gasteiger partial charge in [-0.25, -0.2) is 4.39 Å². The summed E-state index contributed by atoms with van der Waals surface area (Å²) in [5, 5.41) is 2.95. The lowest BCUT2D eigenvalue weighted by Gasteiger charge is -2.33. The summed E-state index contributed by atoms with van der Waals surface area (Å²) < 4.78 is 19.9. The van der Waals surface area contributed by atoms with Crippen molar-refractivity contribution in [3.05, 3.63) is 63.9 Å². The topological polar surface area (TPSA) is 58.6 Å². The molecule has 2 amide bonds. The van der Waals surface area contributed by atoms with E-state index in [1.807, 2.05) is 45.9 Å². The van der Waals surface area contributed by atoms with Crippen molar-refractivity contribution in [3.63, 3.8) is 0 Å². The van der Waals surface area contributed by atoms with E-state index < -0.39 is 11.6 Å². The molecule has 0 spiro atoms. The molecule has 5 nitrogen and oxygen atoms in total. The summed E-state index contributed by atoms with van der Waals surface area (Å²) in [6.07, 6.45) is 1.33. The van der Waals surface area contributed by atoms with Gasteiger partial charge < -0.3 is 15.0 Å². The number of aryl methyl sites for hydroxylation is 1. The average Bonchev–Trinajstić information content (AvgIpc) is 2.72. The molecular weight excluding hydrogens is 475 g/mol. The first-order chi connectivity index (χ1) is 15.0. The molecule has 1 N–H and O–H groups in total. The maximum absolute atomic E-state index is 13.4. The molecule has 0 aliphatic heterocycles. The molecule has 2 aromatic rings. The zero-order chi connectivity index (χ0) is 23.9. The van der Waals surface area contributed by atoms with Gasteiger partial charge in [-0.05, 0) is 84.9 Å². The number of carbonyl (C=O) groups excluding carboxylic acids is 2. The first-order valence-corrected chi connectivity index (χ1v) is 11.6. The minimum atomic E-state index is -0.679. The number of hydrogen-bond donors (Lipinski definition) is 1. The fourth-order valence-electron chi connectivity index (χ4n) is 3.26. The highest BCUT2D eigenvalue weighted by Gasteiger charge is 2.31. The molecule has 174 valence electrons. The highest BCUT2D eigenvalue weighted by Crippen LogP contribution is 2.26. The highest BCUT2D eigenvalue weighted by molar-refractivity contribution is 9.10. The van der Waals surface area contributed by atoms with Crippen molar-refractivity contribution in [1.82, 2.24) is 10.2 Å². The monoisotopic (exact) mass is 506 g/mol. The maximum atomic E-state index is 13.4. The predicted molar refractivity (Wildman–Crippen MR) is 128 cm³/mol. The van der Waals surface area contributed by atoms with Gasteiger partial charge in [0.2, 0.25) is 5.91 Å². The van der Waals surface area contributed by atoms with Crippen LogP contribution in [-0.4, -0.2) is 34.9 Å². The molecule has 32 heavy (non-hydrogen) atoms. The third kappa shape index (κ3) is 7.62. The summed E-state index contributed by atoms with van der Waals surface area (Å²) in [6, 6.07) is 11.0. The van der Waals surface area contributed by atoms with Crippen LogP contribution in [-0.2, 0) is 22.6 Å². The van der Waals surface area contributed by atoms with Gasteiger partial charge in [0.15, 0.2) is 6.61 Å². The maximum Gasteiger partial charge on any atom is 0.261 e. The molecule has 0 radical (unpaired) electrons. The van der Waals surface area contributed by atoms with E-state index in [1.54, 1.807) is 12.1 Å². The molecule has 0 saturated carbocycles. The number of benzene rings is 2. The number of carbonyl (C=O) groups is 2. The summed E-state index contributed by atoms with van der Waals surface area (Å²) in [6.45, 7) is 9.56. The smallest absolute Gasteiger partial charge is 0.261 e. The Morgan fingerprint density at radius 3 is 2.25 bits per heavy atom. The fraction of sp³-hybridized carbons (Fsp3) is 0.440. The van der Waals surface area contributed by atoms with Crippen LogP contribution in [0.15, 0.2) is 46.9 Å². The molecule has 7 heteroatoms. The molecule has 0 fully saturated rings. The van der Waals surface area contributed by atoms with Gasteiger partial charge >= 0.3 is 0 Å². The van der Waals surface area contributed by atoms with E-state index in [0.717, 1.165) is 22.0 Å². The van der Waals surface area contributed by atoms with Gasteiger partial charge in [0.25, 0.3) is 5.91 Å². The Kier molecular flexibility index (Phi) is 9.25. The van der Waals surface area contributed by atoms with Gasteiger partial charge in [0, 0.05) is 12.1 Å². The van der Waals surface area contributed by atoms with Gasteiger partial charge in [-0.2, -0.15) is 0 Å². The third-order valence-electron chi connectivity index (χ3n) is 4.91. The van der Waals surface area contributed by atoms with Crippen LogP contribution in [0, 0.1) is 5.82 Å². The second-order valence-corrected chi connectivity index (χ2v) is 9.57. The number of hydrogen-bond acceptors (Lipinski definition) is 3. The van der Waals surface area contributed by atoms with Crippen LogP contribution in [0.2, 0.25) is 0 Å². The van der Waals surface area contributed by atoms with Crippen molar-refractivity contribution in [2.24, 2.45) is 0 Å². The zero-order valence-electron chi connectivity index (χ0n) is 19.4. The fourth-order valence-corrected chi connectivity index (χ4v) is 3.80. The summed E-state index contributed by atoms with van der Waals surface area (Å²) in [7, 11) is 0. The SMILES string of the molecule is CCc1ccc(OCC(=O)N(Cc2ccc(F)cc2)[C@@H](CC)C(=O)NC(C)(C)C)c(Br)c1. The van der Waals surface area contributed by atoms with E-state index in [-0.39, 0.29) is 30.8 Å². The van der Waals surface area contributed by atoms with E-state index in [9.17, 15) is 14.0 Å². The Morgan fingerprint density at radius 2 is 1.72 bits per heavy atom. The standard InChI is InChI=1S/C25H32BrFN2O3/c1-6-17-10-13-22(20(26)14-17)32-16-23(30)29(15-18-8-11-19(27)12-9-18)21(7-2)24(31)28-25(3,4)5/h8-14,21H,6-7,15-16H2,1-5H3,(H,28,31)/t21-/m0/s1. The van der Waals surface area contributed by atoms with Crippen molar-refractivity contribution >= 4 is 27.7 Å². The Balaban J connectivity index is 2.24. The number of amides is 2. The van der Waals surface area contributed by atoms with E-state index >= 15 is 0 Å². The number of nitrogens with zero attached hydrogens (tertiary/aromatic N) is 1. The van der Waals surface area contributed by atoms with Crippen LogP contribution in [0.1, 0.15) is 52.2 Å². The summed E-state index contributed by atoms with van der Waals surface area (Å²) in [5.74, 6) is -0.349. The first kappa shape index (κ1) is 25.8. The number of halogens is 2. The molecule has 1 atom stereocenters. The molecule has 0 heterocycles. The summed E-state index contributed by atoms with van der Waals surface area (Å²) in [5.41, 5.74) is 1.45. The molecular formula is C25H32BrFN2O3. The van der Waals surface area contributed by atoms with Crippen molar-refractivity contribution < 1.29 is 18.7 Å². The van der Waals surface area contributed by atoms with E-state index in [4.69, 9.17) is 4.74 Å². The molecule has 0 bridgehead atoms. The van der Waals surface area contributed by atoms with Crippen molar-refractivity contribution in [2.75, 3.05) is 6.61 Å². The summed E-state index contributed by atoms with van der Waals surface area (Å²) >= 11 is 3.48. The quantitative estimate of drug-likeness (QED) is 0.505. The Labute approximate surface area is 198 Å². The van der Waals surface area contributed by atoms with E-state index in [0.29, 0.717) is 12.2 Å². The predicted octanol–water partition coefficient (Wildman–Crippen LogP) is 5.25. The molecule has 0 aromatic heterocycles. The lowest BCUT2D eigenvalue weighted by atomic mass is 10.1. The van der Waals surface area contributed by atoms with Gasteiger partial charge in [-0.15, -0.1) is 0 Å². The van der Waals surface area contributed by atoms with Crippen LogP contribution in [0.25, 0.3) is 0 Å². The van der Waals surface area contributed by atoms with Crippen molar-refractivity contribution in [3.8, 4) is 5.75 Å². The van der Waals surface area contributed by atoms with Crippen molar-refractivity contribution in [1.29, 1.82) is 0 Å². The Bertz CT molecular complexity index is 926. The second kappa shape index (κ2) is 11.5. The molecule has 0 aliphatic rings. The average molecular weight is 507 g/mol. The van der Waals surface area contributed by atoms with Gasteiger partial charge in [-0.1, -0.05) is 32.0 Å². The normalized spacial score (nSPS) is 12.2. The number of nitrogens with one attached hydrogen (secondary N) is 1. The molecule has 0 saturated heterocycles. The largest absolute Gasteiger partial charge is 0.483 e. The number of rotatable bonds is 9. The van der Waals surface area contributed by atoms with Gasteiger partial charge in [0.1, 0.15) is 17.6 Å². The van der Waals surface area contributed by atoms with E-state index in [2.05, 4.69) is 28.2 Å². The minimum Gasteiger partial charge on any atom is -0.483 e. The van der Waals surface area contributed by atoms with E-state index in [1.165, 1.54) is 17.0 Å². The number of ether oxygens (including phenoxy) is 1. The second-order valence-electron chi connectivity index (χ2n) is 8.72. The summed E-state index contributed by atoms with van der Waals surface area (Å²) in [4.78, 5) is 27.7. The van der Waals surface area contributed by atoms with Crippen LogP contribution >= 0.6 is 15.9 Å². The Hall–Kier alpha value is -2.41. The lowest BCUT2D eigenvalue weighted by Crippen LogP contribution is -2.54. The zero-order valence-corrected chi connectivity index (χ0v) is 21.0. The molecule has 2 rings (SSSR count). The van der Waals surface area contributed by atoms with Gasteiger partial charge in [-0.3, -0.25) is 9.59 Å². The van der Waals surface area contributed by atoms with Crippen LogP contribution in [0.5, 0.6) is 5.75 Å². The molecule has 0 aliphatic carbocycles. The van der Waals surface area contributed by atoms with Crippen LogP contribution in [0.4, 0.5) is 4.39 Å². The lowest BCUT2D eigenvalue weighted by molar-refractivity contribution is -0.143. The Morgan fingerprint density at radius 1 is 1.09 bits per heavy atom. The molecule has 0 unspecified atom stereocenters. The minimum absolute atomic E-state index is 0.175. The first-order valence-electron chi connectivity index (χ1n) is 10.8. The van der Waals surface area contributed by atoms with Crippen LogP contribution in [0.3, 0.4) is 0 Å². The van der Waals surface area contributed by atoms with Crippen LogP contribution < -0.4 is 10.1 Å². The van der Waals surface area contributed by atoms with Crippen molar-refractivity contribution in [2.45, 2.75) is 65.6 Å².